The molecule has 0 radical (unpaired) electrons. The topological polar surface area (TPSA) is 80.5 Å². The Bertz CT molecular complexity index is 2580. The lowest BCUT2D eigenvalue weighted by Gasteiger charge is -2.08. The summed E-state index contributed by atoms with van der Waals surface area (Å²) in [5, 5.41) is 13.6. The van der Waals surface area contributed by atoms with Crippen molar-refractivity contribution in [1.29, 1.82) is 5.26 Å². The highest BCUT2D eigenvalue weighted by molar-refractivity contribution is 6.24. The number of rotatable bonds is 4. The van der Waals surface area contributed by atoms with Gasteiger partial charge in [0, 0.05) is 38.5 Å². The average molecular weight is 590 g/mol. The second-order valence-electron chi connectivity index (χ2n) is 11.2. The van der Waals surface area contributed by atoms with Gasteiger partial charge < -0.3 is 8.98 Å². The normalized spacial score (nSPS) is 11.5. The number of aromatic nitrogens is 4. The molecule has 0 N–H and O–H groups in total. The Morgan fingerprint density at radius 3 is 1.78 bits per heavy atom. The fraction of sp³-hybridized carbons (Fsp3) is 0. The average Bonchev–Trinajstić information content (AvgIpc) is 3.67. The van der Waals surface area contributed by atoms with Gasteiger partial charge in [-0.3, -0.25) is 0 Å². The second kappa shape index (κ2) is 10.3. The zero-order chi connectivity index (χ0) is 30.6. The lowest BCUT2D eigenvalue weighted by molar-refractivity contribution is 0.673. The number of furan rings is 1. The first-order chi connectivity index (χ1) is 22.7. The summed E-state index contributed by atoms with van der Waals surface area (Å²) in [5.41, 5.74) is 7.94. The van der Waals surface area contributed by atoms with E-state index >= 15 is 0 Å². The van der Waals surface area contributed by atoms with Crippen molar-refractivity contribution in [2.24, 2.45) is 0 Å². The maximum absolute atomic E-state index is 9.75. The van der Waals surface area contributed by atoms with Gasteiger partial charge in [-0.2, -0.15) is 5.26 Å². The molecule has 0 fully saturated rings. The summed E-state index contributed by atoms with van der Waals surface area (Å²) in [5.74, 6) is 1.82. The van der Waals surface area contributed by atoms with Crippen LogP contribution in [0.2, 0.25) is 0 Å². The Morgan fingerprint density at radius 2 is 1.13 bits per heavy atom. The molecule has 6 heteroatoms. The number of nitriles is 1. The van der Waals surface area contributed by atoms with E-state index in [-0.39, 0.29) is 0 Å². The van der Waals surface area contributed by atoms with E-state index in [9.17, 15) is 5.26 Å². The summed E-state index contributed by atoms with van der Waals surface area (Å²) in [6, 6.07) is 48.7. The van der Waals surface area contributed by atoms with Crippen LogP contribution in [0.25, 0.3) is 83.6 Å². The summed E-state index contributed by atoms with van der Waals surface area (Å²) in [6.45, 7) is 0. The zero-order valence-electron chi connectivity index (χ0n) is 24.4. The molecule has 0 saturated heterocycles. The van der Waals surface area contributed by atoms with E-state index in [1.54, 1.807) is 0 Å². The van der Waals surface area contributed by atoms with Gasteiger partial charge in [-0.15, -0.1) is 0 Å². The van der Waals surface area contributed by atoms with Crippen molar-refractivity contribution in [3.05, 3.63) is 145 Å². The van der Waals surface area contributed by atoms with Gasteiger partial charge in [0.2, 0.25) is 0 Å². The molecule has 0 spiro atoms. The number of para-hydroxylation sites is 1. The molecule has 0 aliphatic carbocycles. The predicted octanol–water partition coefficient (Wildman–Crippen LogP) is 9.74. The SMILES string of the molecule is N#Cc1ccc2c(c1)c1c3oc4ccc(-c5nc(-c6ccccc6)nc(-c6ccccc6)n5)cc4c3ccc1n2-c1ccccc1. The minimum atomic E-state index is 0.587. The van der Waals surface area contributed by atoms with Crippen LogP contribution in [0.15, 0.2) is 144 Å². The fourth-order valence-electron chi connectivity index (χ4n) is 6.34. The summed E-state index contributed by atoms with van der Waals surface area (Å²) < 4.78 is 8.85. The highest BCUT2D eigenvalue weighted by atomic mass is 16.3. The van der Waals surface area contributed by atoms with Crippen molar-refractivity contribution < 1.29 is 4.42 Å². The molecule has 6 aromatic carbocycles. The van der Waals surface area contributed by atoms with Gasteiger partial charge in [-0.25, -0.2) is 15.0 Å². The van der Waals surface area contributed by atoms with Crippen LogP contribution in [0.5, 0.6) is 0 Å². The maximum Gasteiger partial charge on any atom is 0.164 e. The second-order valence-corrected chi connectivity index (χ2v) is 11.2. The largest absolute Gasteiger partial charge is 0.455 e. The van der Waals surface area contributed by atoms with Crippen LogP contribution in [0.1, 0.15) is 5.56 Å². The number of nitrogens with zero attached hydrogens (tertiary/aromatic N) is 5. The molecule has 0 aliphatic heterocycles. The van der Waals surface area contributed by atoms with Crippen LogP contribution < -0.4 is 0 Å². The third-order valence-electron chi connectivity index (χ3n) is 8.47. The van der Waals surface area contributed by atoms with E-state index < -0.39 is 0 Å². The Hall–Kier alpha value is -6.58. The molecule has 0 bridgehead atoms. The highest BCUT2D eigenvalue weighted by Crippen LogP contribution is 2.41. The first-order valence-corrected chi connectivity index (χ1v) is 15.0. The van der Waals surface area contributed by atoms with Gasteiger partial charge in [0.25, 0.3) is 0 Å². The van der Waals surface area contributed by atoms with E-state index in [4.69, 9.17) is 19.4 Å². The zero-order valence-corrected chi connectivity index (χ0v) is 24.4. The molecule has 3 heterocycles. The Morgan fingerprint density at radius 1 is 0.522 bits per heavy atom. The number of hydrogen-bond acceptors (Lipinski definition) is 5. The van der Waals surface area contributed by atoms with Crippen LogP contribution in [-0.2, 0) is 0 Å². The van der Waals surface area contributed by atoms with Crippen LogP contribution in [0.4, 0.5) is 0 Å². The monoisotopic (exact) mass is 589 g/mol. The van der Waals surface area contributed by atoms with Gasteiger partial charge in [-0.05, 0) is 60.7 Å². The van der Waals surface area contributed by atoms with Crippen LogP contribution in [0, 0.1) is 11.3 Å². The van der Waals surface area contributed by atoms with Crippen molar-refractivity contribution in [3.8, 4) is 45.9 Å². The molecule has 214 valence electrons. The van der Waals surface area contributed by atoms with Gasteiger partial charge in [0.05, 0.1) is 28.1 Å². The number of hydrogen-bond donors (Lipinski definition) is 0. The molecule has 0 aliphatic rings. The third kappa shape index (κ3) is 4.07. The quantitative estimate of drug-likeness (QED) is 0.204. The Kier molecular flexibility index (Phi) is 5.77. The molecule has 6 nitrogen and oxygen atoms in total. The van der Waals surface area contributed by atoms with Crippen LogP contribution in [0.3, 0.4) is 0 Å². The molecular weight excluding hydrogens is 566 g/mol. The van der Waals surface area contributed by atoms with E-state index in [1.807, 2.05) is 109 Å². The molecule has 9 aromatic rings. The highest BCUT2D eigenvalue weighted by Gasteiger charge is 2.20. The summed E-state index contributed by atoms with van der Waals surface area (Å²) in [6.07, 6.45) is 0. The van der Waals surface area contributed by atoms with E-state index in [2.05, 4.69) is 41.0 Å². The van der Waals surface area contributed by atoms with Gasteiger partial charge in [0.15, 0.2) is 17.5 Å². The minimum Gasteiger partial charge on any atom is -0.455 e. The lowest BCUT2D eigenvalue weighted by Crippen LogP contribution is -2.00. The predicted molar refractivity (Wildman–Crippen MR) is 182 cm³/mol. The van der Waals surface area contributed by atoms with Crippen molar-refractivity contribution in [1.82, 2.24) is 19.5 Å². The molecular formula is C40H23N5O. The molecule has 0 unspecified atom stereocenters. The maximum atomic E-state index is 9.75. The van der Waals surface area contributed by atoms with Gasteiger partial charge >= 0.3 is 0 Å². The van der Waals surface area contributed by atoms with Crippen LogP contribution in [-0.4, -0.2) is 19.5 Å². The molecule has 3 aromatic heterocycles. The van der Waals surface area contributed by atoms with Crippen molar-refractivity contribution in [2.75, 3.05) is 0 Å². The molecule has 9 rings (SSSR count). The first kappa shape index (κ1) is 25.9. The standard InChI is InChI=1S/C40H23N5O/c41-24-25-16-19-33-32(22-25)36-34(45(33)29-14-8-3-9-15-29)20-18-30-31-23-28(17-21-35(31)46-37(30)36)40-43-38(26-10-4-1-5-11-26)42-39(44-40)27-12-6-2-7-13-27/h1-23H. The summed E-state index contributed by atoms with van der Waals surface area (Å²) in [7, 11) is 0. The van der Waals surface area contributed by atoms with Crippen LogP contribution >= 0.6 is 0 Å². The van der Waals surface area contributed by atoms with Crippen molar-refractivity contribution >= 4 is 43.7 Å². The molecule has 0 atom stereocenters. The molecule has 0 saturated carbocycles. The minimum absolute atomic E-state index is 0.587. The Balaban J connectivity index is 1.29. The number of benzene rings is 6. The van der Waals surface area contributed by atoms with E-state index in [0.29, 0.717) is 23.0 Å². The fourth-order valence-corrected chi connectivity index (χ4v) is 6.34. The van der Waals surface area contributed by atoms with Crippen molar-refractivity contribution in [3.63, 3.8) is 0 Å². The lowest BCUT2D eigenvalue weighted by atomic mass is 10.0. The van der Waals surface area contributed by atoms with Gasteiger partial charge in [0.1, 0.15) is 11.2 Å². The summed E-state index contributed by atoms with van der Waals surface area (Å²) in [4.78, 5) is 14.7. The van der Waals surface area contributed by atoms with Gasteiger partial charge in [-0.1, -0.05) is 78.9 Å². The van der Waals surface area contributed by atoms with E-state index in [1.165, 1.54) is 0 Å². The molecule has 46 heavy (non-hydrogen) atoms. The summed E-state index contributed by atoms with van der Waals surface area (Å²) >= 11 is 0. The number of fused-ring (bicyclic) bond motifs is 7. The first-order valence-electron chi connectivity index (χ1n) is 15.0. The Labute approximate surface area is 263 Å². The third-order valence-corrected chi connectivity index (χ3v) is 8.47. The van der Waals surface area contributed by atoms with Crippen molar-refractivity contribution in [2.45, 2.75) is 0 Å². The molecule has 0 amide bonds. The smallest absolute Gasteiger partial charge is 0.164 e. The van der Waals surface area contributed by atoms with E-state index in [0.717, 1.165) is 66.1 Å².